The van der Waals surface area contributed by atoms with Crippen LogP contribution in [0.3, 0.4) is 0 Å². The van der Waals surface area contributed by atoms with Crippen LogP contribution in [0.5, 0.6) is 0 Å². The molecule has 0 N–H and O–H groups in total. The monoisotopic (exact) mass is 176 g/mol. The highest BCUT2D eigenvalue weighted by Crippen LogP contribution is 2.51. The molecule has 3 unspecified atom stereocenters. The lowest BCUT2D eigenvalue weighted by Gasteiger charge is -2.46. The van der Waals surface area contributed by atoms with E-state index in [0.29, 0.717) is 5.41 Å². The molecule has 2 aliphatic rings. The van der Waals surface area contributed by atoms with E-state index in [4.69, 9.17) is 0 Å². The van der Waals surface area contributed by atoms with Crippen LogP contribution in [0.1, 0.15) is 40.0 Å². The second-order valence-electron chi connectivity index (χ2n) is 5.05. The summed E-state index contributed by atoms with van der Waals surface area (Å²) in [5.74, 6) is 1.74. The third kappa shape index (κ3) is 1.27. The van der Waals surface area contributed by atoms with Crippen molar-refractivity contribution in [1.29, 1.82) is 0 Å². The van der Waals surface area contributed by atoms with Crippen molar-refractivity contribution in [3.63, 3.8) is 0 Å². The van der Waals surface area contributed by atoms with E-state index in [-0.39, 0.29) is 0 Å². The fourth-order valence-corrected chi connectivity index (χ4v) is 2.93. The molecule has 0 nitrogen and oxygen atoms in total. The summed E-state index contributed by atoms with van der Waals surface area (Å²) < 4.78 is 0. The van der Waals surface area contributed by atoms with Gasteiger partial charge in [0.15, 0.2) is 0 Å². The zero-order chi connectivity index (χ0) is 9.47. The lowest BCUT2D eigenvalue weighted by Crippen LogP contribution is -2.36. The van der Waals surface area contributed by atoms with Crippen LogP contribution in [0.4, 0.5) is 0 Å². The van der Waals surface area contributed by atoms with E-state index in [1.807, 2.05) is 0 Å². The maximum absolute atomic E-state index is 2.45. The van der Waals surface area contributed by atoms with Gasteiger partial charge in [-0.15, -0.1) is 0 Å². The van der Waals surface area contributed by atoms with Gasteiger partial charge >= 0.3 is 0 Å². The standard InChI is InChI=1S/C13H20/c1-10-7-8-12-6-4-5-9-13(12,3)11(10)2/h4-6,10-11H,7-9H2,1-3H3. The van der Waals surface area contributed by atoms with E-state index in [2.05, 4.69) is 39.0 Å². The predicted molar refractivity (Wildman–Crippen MR) is 57.5 cm³/mol. The maximum Gasteiger partial charge on any atom is -0.00506 e. The van der Waals surface area contributed by atoms with E-state index in [1.165, 1.54) is 19.3 Å². The van der Waals surface area contributed by atoms with Crippen molar-refractivity contribution in [3.8, 4) is 0 Å². The normalized spacial score (nSPS) is 44.1. The Balaban J connectivity index is 2.32. The molecule has 2 rings (SSSR count). The third-order valence-electron chi connectivity index (χ3n) is 4.44. The Labute approximate surface area is 81.7 Å². The van der Waals surface area contributed by atoms with Crippen LogP contribution in [-0.4, -0.2) is 0 Å². The van der Waals surface area contributed by atoms with Gasteiger partial charge in [0.05, 0.1) is 0 Å². The summed E-state index contributed by atoms with van der Waals surface area (Å²) in [6.07, 6.45) is 10.9. The Morgan fingerprint density at radius 2 is 2.15 bits per heavy atom. The van der Waals surface area contributed by atoms with Crippen LogP contribution in [0.15, 0.2) is 23.8 Å². The van der Waals surface area contributed by atoms with E-state index in [0.717, 1.165) is 11.8 Å². The minimum Gasteiger partial charge on any atom is -0.0837 e. The summed E-state index contributed by atoms with van der Waals surface area (Å²) >= 11 is 0. The maximum atomic E-state index is 2.45. The molecule has 0 aromatic rings. The molecule has 1 fully saturated rings. The third-order valence-corrected chi connectivity index (χ3v) is 4.44. The fraction of sp³-hybridized carbons (Fsp3) is 0.692. The summed E-state index contributed by atoms with van der Waals surface area (Å²) in [6, 6.07) is 0. The zero-order valence-electron chi connectivity index (χ0n) is 9.01. The van der Waals surface area contributed by atoms with Gasteiger partial charge in [-0.3, -0.25) is 0 Å². The Kier molecular flexibility index (Phi) is 2.09. The molecule has 0 heteroatoms. The highest BCUT2D eigenvalue weighted by molar-refractivity contribution is 5.28. The van der Waals surface area contributed by atoms with Crippen LogP contribution >= 0.6 is 0 Å². The average Bonchev–Trinajstić information content (AvgIpc) is 2.13. The number of hydrogen-bond donors (Lipinski definition) is 0. The SMILES string of the molecule is CC1CCC2=CC=CCC2(C)C1C. The zero-order valence-corrected chi connectivity index (χ0v) is 9.01. The number of hydrogen-bond acceptors (Lipinski definition) is 0. The lowest BCUT2D eigenvalue weighted by atomic mass is 9.59. The Morgan fingerprint density at radius 3 is 2.92 bits per heavy atom. The summed E-state index contributed by atoms with van der Waals surface area (Å²) in [5.41, 5.74) is 2.17. The van der Waals surface area contributed by atoms with Crippen LogP contribution < -0.4 is 0 Å². The molecule has 1 saturated carbocycles. The lowest BCUT2D eigenvalue weighted by molar-refractivity contribution is 0.141. The molecule has 13 heavy (non-hydrogen) atoms. The molecule has 0 saturated heterocycles. The Hall–Kier alpha value is -0.520. The molecule has 0 radical (unpaired) electrons. The molecule has 2 aliphatic carbocycles. The molecule has 0 bridgehead atoms. The second kappa shape index (κ2) is 3.01. The van der Waals surface area contributed by atoms with Gasteiger partial charge < -0.3 is 0 Å². The summed E-state index contributed by atoms with van der Waals surface area (Å²) in [7, 11) is 0. The van der Waals surface area contributed by atoms with Crippen molar-refractivity contribution in [2.24, 2.45) is 17.3 Å². The van der Waals surface area contributed by atoms with E-state index in [1.54, 1.807) is 5.57 Å². The molecule has 0 aromatic carbocycles. The second-order valence-corrected chi connectivity index (χ2v) is 5.05. The van der Waals surface area contributed by atoms with Crippen molar-refractivity contribution in [2.75, 3.05) is 0 Å². The van der Waals surface area contributed by atoms with Gasteiger partial charge in [0.25, 0.3) is 0 Å². The first-order valence-electron chi connectivity index (χ1n) is 5.51. The van der Waals surface area contributed by atoms with Crippen molar-refractivity contribution >= 4 is 0 Å². The average molecular weight is 176 g/mol. The van der Waals surface area contributed by atoms with Crippen molar-refractivity contribution in [3.05, 3.63) is 23.8 Å². The molecule has 0 amide bonds. The number of rotatable bonds is 0. The van der Waals surface area contributed by atoms with E-state index < -0.39 is 0 Å². The molecule has 0 spiro atoms. The van der Waals surface area contributed by atoms with E-state index >= 15 is 0 Å². The van der Waals surface area contributed by atoms with E-state index in [9.17, 15) is 0 Å². The first kappa shape index (κ1) is 9.05. The van der Waals surface area contributed by atoms with Crippen LogP contribution in [0.2, 0.25) is 0 Å². The highest BCUT2D eigenvalue weighted by atomic mass is 14.4. The molecule has 3 atom stereocenters. The first-order valence-corrected chi connectivity index (χ1v) is 5.51. The van der Waals surface area contributed by atoms with Crippen molar-refractivity contribution in [2.45, 2.75) is 40.0 Å². The van der Waals surface area contributed by atoms with Crippen LogP contribution in [0, 0.1) is 17.3 Å². The summed E-state index contributed by atoms with van der Waals surface area (Å²) in [6.45, 7) is 7.28. The van der Waals surface area contributed by atoms with Crippen molar-refractivity contribution in [1.82, 2.24) is 0 Å². The van der Waals surface area contributed by atoms with Gasteiger partial charge in [-0.25, -0.2) is 0 Å². The number of fused-ring (bicyclic) bond motifs is 1. The molecular formula is C13H20. The van der Waals surface area contributed by atoms with Crippen LogP contribution in [0.25, 0.3) is 0 Å². The van der Waals surface area contributed by atoms with Gasteiger partial charge in [0.2, 0.25) is 0 Å². The minimum atomic E-state index is 0.479. The summed E-state index contributed by atoms with van der Waals surface area (Å²) in [4.78, 5) is 0. The minimum absolute atomic E-state index is 0.479. The molecule has 0 aliphatic heterocycles. The van der Waals surface area contributed by atoms with Crippen LogP contribution in [-0.2, 0) is 0 Å². The van der Waals surface area contributed by atoms with Gasteiger partial charge in [0, 0.05) is 0 Å². The first-order chi connectivity index (χ1) is 6.14. The van der Waals surface area contributed by atoms with Gasteiger partial charge in [-0.2, -0.15) is 0 Å². The van der Waals surface area contributed by atoms with Gasteiger partial charge in [0.1, 0.15) is 0 Å². The largest absolute Gasteiger partial charge is 0.0837 e. The molecule has 0 aromatic heterocycles. The number of allylic oxidation sites excluding steroid dienone is 4. The smallest absolute Gasteiger partial charge is 0.00506 e. The highest BCUT2D eigenvalue weighted by Gasteiger charge is 2.40. The molecular weight excluding hydrogens is 156 g/mol. The topological polar surface area (TPSA) is 0 Å². The fourth-order valence-electron chi connectivity index (χ4n) is 2.93. The Morgan fingerprint density at radius 1 is 1.38 bits per heavy atom. The summed E-state index contributed by atoms with van der Waals surface area (Å²) in [5, 5.41) is 0. The quantitative estimate of drug-likeness (QED) is 0.524. The molecule has 72 valence electrons. The van der Waals surface area contributed by atoms with Gasteiger partial charge in [-0.1, -0.05) is 44.6 Å². The Bertz CT molecular complexity index is 259. The predicted octanol–water partition coefficient (Wildman–Crippen LogP) is 3.95. The van der Waals surface area contributed by atoms with Gasteiger partial charge in [-0.05, 0) is 36.5 Å². The molecule has 0 heterocycles. The van der Waals surface area contributed by atoms with Crippen molar-refractivity contribution < 1.29 is 0 Å².